The van der Waals surface area contributed by atoms with Gasteiger partial charge >= 0.3 is 5.97 Å². The Bertz CT molecular complexity index is 619. The van der Waals surface area contributed by atoms with Crippen molar-refractivity contribution in [3.05, 3.63) is 23.8 Å². The summed E-state index contributed by atoms with van der Waals surface area (Å²) in [7, 11) is -4.44. The number of hydrogen-bond donors (Lipinski definition) is 2. The smallest absolute Gasteiger partial charge is 0.323 e. The zero-order valence-corrected chi connectivity index (χ0v) is 11.6. The summed E-state index contributed by atoms with van der Waals surface area (Å²) in [5.74, 6) is -3.79. The van der Waals surface area contributed by atoms with Crippen LogP contribution in [0.2, 0.25) is 0 Å². The van der Waals surface area contributed by atoms with Crippen LogP contribution in [-0.2, 0) is 19.6 Å². The molecule has 1 atom stereocenters. The van der Waals surface area contributed by atoms with E-state index in [0.717, 1.165) is 6.07 Å². The van der Waals surface area contributed by atoms with Crippen molar-refractivity contribution in [2.45, 2.75) is 24.8 Å². The van der Waals surface area contributed by atoms with Crippen LogP contribution in [0.25, 0.3) is 0 Å². The lowest BCUT2D eigenvalue weighted by atomic mass is 10.3. The molecule has 0 radical (unpaired) electrons. The lowest BCUT2D eigenvalue weighted by molar-refractivity contribution is -0.144. The molecule has 0 saturated heterocycles. The van der Waals surface area contributed by atoms with Crippen molar-refractivity contribution in [3.63, 3.8) is 0 Å². The molecule has 0 spiro atoms. The number of nitrogens with one attached hydrogen (secondary N) is 1. The summed E-state index contributed by atoms with van der Waals surface area (Å²) in [5.41, 5.74) is 5.02. The molecule has 0 aliphatic rings. The monoisotopic (exact) mass is 308 g/mol. The van der Waals surface area contributed by atoms with Crippen molar-refractivity contribution in [2.75, 3.05) is 12.3 Å². The molecule has 0 aliphatic heterocycles. The zero-order chi connectivity index (χ0) is 15.5. The number of esters is 1. The third-order valence-electron chi connectivity index (χ3n) is 2.28. The summed E-state index contributed by atoms with van der Waals surface area (Å²) in [6, 6.07) is 0.172. The van der Waals surface area contributed by atoms with Crippen LogP contribution >= 0.6 is 0 Å². The van der Waals surface area contributed by atoms with Gasteiger partial charge in [0.1, 0.15) is 10.9 Å². The van der Waals surface area contributed by atoms with Gasteiger partial charge in [-0.05, 0) is 26.0 Å². The summed E-state index contributed by atoms with van der Waals surface area (Å²) in [4.78, 5) is 10.4. The molecule has 3 N–H and O–H groups in total. The highest BCUT2D eigenvalue weighted by Crippen LogP contribution is 2.21. The number of hydrogen-bond acceptors (Lipinski definition) is 5. The molecule has 0 saturated carbocycles. The fraction of sp³-hybridized carbons (Fsp3) is 0.364. The maximum atomic E-state index is 13.5. The Labute approximate surface area is 115 Å². The van der Waals surface area contributed by atoms with Gasteiger partial charge in [-0.25, -0.2) is 17.2 Å². The van der Waals surface area contributed by atoms with Crippen molar-refractivity contribution in [2.24, 2.45) is 0 Å². The highest BCUT2D eigenvalue weighted by molar-refractivity contribution is 7.89. The molecule has 0 fully saturated rings. The van der Waals surface area contributed by atoms with Gasteiger partial charge in [0.05, 0.1) is 6.61 Å². The average Bonchev–Trinajstić information content (AvgIpc) is 2.33. The Morgan fingerprint density at radius 1 is 1.45 bits per heavy atom. The van der Waals surface area contributed by atoms with E-state index in [1.54, 1.807) is 6.92 Å². The first-order chi connectivity index (χ1) is 9.19. The van der Waals surface area contributed by atoms with E-state index in [1.165, 1.54) is 6.92 Å². The quantitative estimate of drug-likeness (QED) is 0.618. The van der Waals surface area contributed by atoms with E-state index in [4.69, 9.17) is 5.73 Å². The van der Waals surface area contributed by atoms with Crippen LogP contribution in [0.15, 0.2) is 17.0 Å². The van der Waals surface area contributed by atoms with Crippen LogP contribution in [0, 0.1) is 11.6 Å². The van der Waals surface area contributed by atoms with Crippen molar-refractivity contribution in [1.82, 2.24) is 4.72 Å². The Balaban J connectivity index is 3.09. The Hall–Kier alpha value is -1.74. The number of nitrogens with two attached hydrogens (primary N) is 1. The molecule has 0 aromatic heterocycles. The molecule has 1 rings (SSSR count). The van der Waals surface area contributed by atoms with Gasteiger partial charge in [-0.3, -0.25) is 4.79 Å². The Morgan fingerprint density at radius 3 is 2.60 bits per heavy atom. The van der Waals surface area contributed by atoms with E-state index in [-0.39, 0.29) is 12.3 Å². The molecule has 20 heavy (non-hydrogen) atoms. The lowest BCUT2D eigenvalue weighted by Gasteiger charge is -2.14. The Morgan fingerprint density at radius 2 is 2.05 bits per heavy atom. The molecule has 0 heterocycles. The minimum Gasteiger partial charge on any atom is -0.465 e. The number of halogens is 2. The van der Waals surface area contributed by atoms with Crippen LogP contribution in [0.4, 0.5) is 14.5 Å². The number of benzene rings is 1. The van der Waals surface area contributed by atoms with Crippen LogP contribution in [0.1, 0.15) is 13.8 Å². The maximum Gasteiger partial charge on any atom is 0.323 e. The second-order valence-electron chi connectivity index (χ2n) is 3.91. The van der Waals surface area contributed by atoms with E-state index >= 15 is 0 Å². The fourth-order valence-corrected chi connectivity index (χ4v) is 2.70. The summed E-state index contributed by atoms with van der Waals surface area (Å²) in [6.45, 7) is 2.83. The van der Waals surface area contributed by atoms with Gasteiger partial charge in [-0.1, -0.05) is 0 Å². The minimum absolute atomic E-state index is 0.0617. The minimum atomic E-state index is -4.44. The van der Waals surface area contributed by atoms with Crippen LogP contribution in [0.3, 0.4) is 0 Å². The standard InChI is InChI=1S/C11H14F2N2O4S/c1-3-19-11(16)6(2)15-20(17,18)9-5-7(14)4-8(12)10(9)13/h4-6,15H,3,14H2,1-2H3. The largest absolute Gasteiger partial charge is 0.465 e. The van der Waals surface area contributed by atoms with E-state index in [0.29, 0.717) is 6.07 Å². The highest BCUT2D eigenvalue weighted by atomic mass is 32.2. The lowest BCUT2D eigenvalue weighted by Crippen LogP contribution is -2.39. The second kappa shape index (κ2) is 6.14. The molecule has 1 aromatic rings. The highest BCUT2D eigenvalue weighted by Gasteiger charge is 2.27. The van der Waals surface area contributed by atoms with Crippen molar-refractivity contribution in [3.8, 4) is 0 Å². The number of carbonyl (C=O) groups is 1. The fourth-order valence-electron chi connectivity index (χ4n) is 1.39. The first kappa shape index (κ1) is 16.3. The molecule has 1 aromatic carbocycles. The van der Waals surface area contributed by atoms with Gasteiger partial charge in [0.25, 0.3) is 0 Å². The second-order valence-corrected chi connectivity index (χ2v) is 5.59. The topological polar surface area (TPSA) is 98.5 Å². The summed E-state index contributed by atoms with van der Waals surface area (Å²) >= 11 is 0. The van der Waals surface area contributed by atoms with Crippen LogP contribution in [0.5, 0.6) is 0 Å². The number of carbonyl (C=O) groups excluding carboxylic acids is 1. The molecule has 112 valence electrons. The van der Waals surface area contributed by atoms with E-state index < -0.39 is 38.6 Å². The summed E-state index contributed by atoms with van der Waals surface area (Å²) < 4.78 is 56.9. The SMILES string of the molecule is CCOC(=O)C(C)NS(=O)(=O)c1cc(N)cc(F)c1F. The van der Waals surface area contributed by atoms with E-state index in [1.807, 2.05) is 4.72 Å². The molecule has 9 heteroatoms. The van der Waals surface area contributed by atoms with Gasteiger partial charge in [0.2, 0.25) is 10.0 Å². The number of ether oxygens (including phenoxy) is 1. The van der Waals surface area contributed by atoms with Crippen LogP contribution < -0.4 is 10.5 Å². The predicted molar refractivity (Wildman–Crippen MR) is 67.2 cm³/mol. The first-order valence-electron chi connectivity index (χ1n) is 5.62. The molecule has 0 amide bonds. The van der Waals surface area contributed by atoms with Crippen LogP contribution in [-0.4, -0.2) is 27.0 Å². The number of sulfonamides is 1. The normalized spacial score (nSPS) is 13.0. The number of nitrogen functional groups attached to an aromatic ring is 1. The van der Waals surface area contributed by atoms with Crippen molar-refractivity contribution in [1.29, 1.82) is 0 Å². The van der Waals surface area contributed by atoms with E-state index in [2.05, 4.69) is 4.74 Å². The first-order valence-corrected chi connectivity index (χ1v) is 7.10. The predicted octanol–water partition coefficient (Wildman–Crippen LogP) is 0.777. The molecule has 6 nitrogen and oxygen atoms in total. The van der Waals surface area contributed by atoms with Gasteiger partial charge in [-0.2, -0.15) is 4.72 Å². The van der Waals surface area contributed by atoms with E-state index in [9.17, 15) is 22.0 Å². The number of rotatable bonds is 5. The molecular formula is C11H14F2N2O4S. The van der Waals surface area contributed by atoms with Gasteiger partial charge in [-0.15, -0.1) is 0 Å². The average molecular weight is 308 g/mol. The molecular weight excluding hydrogens is 294 g/mol. The maximum absolute atomic E-state index is 13.5. The van der Waals surface area contributed by atoms with Gasteiger partial charge in [0.15, 0.2) is 11.6 Å². The van der Waals surface area contributed by atoms with Crippen molar-refractivity contribution < 1.29 is 26.7 Å². The third kappa shape index (κ3) is 3.64. The molecule has 0 bridgehead atoms. The summed E-state index contributed by atoms with van der Waals surface area (Å²) in [6.07, 6.45) is 0. The number of anilines is 1. The van der Waals surface area contributed by atoms with Crippen molar-refractivity contribution >= 4 is 21.7 Å². The molecule has 1 unspecified atom stereocenters. The molecule has 0 aliphatic carbocycles. The van der Waals surface area contributed by atoms with Gasteiger partial charge < -0.3 is 10.5 Å². The zero-order valence-electron chi connectivity index (χ0n) is 10.8. The summed E-state index contributed by atoms with van der Waals surface area (Å²) in [5, 5.41) is 0. The van der Waals surface area contributed by atoms with Gasteiger partial charge in [0, 0.05) is 5.69 Å². The third-order valence-corrected chi connectivity index (χ3v) is 3.82. The Kier molecular flexibility index (Phi) is 5.01.